The molecule has 3 rings (SSSR count). The van der Waals surface area contributed by atoms with Crippen molar-refractivity contribution in [3.05, 3.63) is 43.3 Å². The minimum absolute atomic E-state index is 0.153. The zero-order valence-electron chi connectivity index (χ0n) is 12.5. The highest BCUT2D eigenvalue weighted by Crippen LogP contribution is 2.25. The average molecular weight is 298 g/mol. The van der Waals surface area contributed by atoms with Crippen molar-refractivity contribution in [3.8, 4) is 11.3 Å². The van der Waals surface area contributed by atoms with E-state index in [0.29, 0.717) is 0 Å². The molecule has 0 saturated heterocycles. The van der Waals surface area contributed by atoms with Crippen LogP contribution in [0.25, 0.3) is 22.3 Å². The highest BCUT2D eigenvalue weighted by atomic mass is 16.6. The van der Waals surface area contributed by atoms with Gasteiger partial charge in [-0.25, -0.2) is 9.97 Å². The van der Waals surface area contributed by atoms with E-state index in [9.17, 15) is 0 Å². The van der Waals surface area contributed by atoms with E-state index in [1.165, 1.54) is 0 Å². The van der Waals surface area contributed by atoms with Crippen LogP contribution in [0.5, 0.6) is 0 Å². The quantitative estimate of drug-likeness (QED) is 0.683. The Balaban J connectivity index is 1.91. The Bertz CT molecular complexity index is 775. The summed E-state index contributed by atoms with van der Waals surface area (Å²) in [6.45, 7) is 2.11. The number of H-pyrrole nitrogens is 1. The summed E-state index contributed by atoms with van der Waals surface area (Å²) >= 11 is 0. The van der Waals surface area contributed by atoms with Crippen LogP contribution >= 0.6 is 0 Å². The van der Waals surface area contributed by atoms with E-state index in [2.05, 4.69) is 32.5 Å². The van der Waals surface area contributed by atoms with Crippen molar-refractivity contribution in [2.75, 3.05) is 7.11 Å². The summed E-state index contributed by atoms with van der Waals surface area (Å²) in [5.74, 6) is 0. The number of nitrogens with zero attached hydrogens (tertiary/aromatic N) is 4. The van der Waals surface area contributed by atoms with Crippen LogP contribution in [0.1, 0.15) is 19.4 Å². The molecule has 3 heterocycles. The lowest BCUT2D eigenvalue weighted by atomic mass is 10.2. The van der Waals surface area contributed by atoms with Gasteiger partial charge in [0.2, 0.25) is 0 Å². The molecule has 0 aliphatic heterocycles. The largest absolute Gasteiger partial charge is 0.346 e. The minimum atomic E-state index is 0.153. The zero-order valence-corrected chi connectivity index (χ0v) is 12.5. The molecule has 2 N–H and O–H groups in total. The van der Waals surface area contributed by atoms with Crippen LogP contribution in [0.4, 0.5) is 0 Å². The Hall–Kier alpha value is -2.67. The molecule has 0 bridgehead atoms. The molecular weight excluding hydrogens is 280 g/mol. The molecule has 3 aromatic rings. The van der Waals surface area contributed by atoms with Gasteiger partial charge in [0.05, 0.1) is 25.0 Å². The maximum atomic E-state index is 4.80. The van der Waals surface area contributed by atoms with Crippen LogP contribution in [-0.4, -0.2) is 31.8 Å². The van der Waals surface area contributed by atoms with Crippen molar-refractivity contribution in [2.45, 2.75) is 19.4 Å². The number of rotatable bonds is 6. The monoisotopic (exact) mass is 298 g/mol. The molecule has 0 saturated carbocycles. The van der Waals surface area contributed by atoms with E-state index < -0.39 is 0 Å². The Morgan fingerprint density at radius 3 is 3.18 bits per heavy atom. The summed E-state index contributed by atoms with van der Waals surface area (Å²) in [5, 5.41) is 5.45. The number of hydroxylamine groups is 1. The standard InChI is InChI=1S/C15H18N6O/c1-3-12(4-7-20-22-2)21-9-11(8-19-21)14-13-5-6-16-15(13)18-10-17-14/h4-10,12,20H,3H2,1-2H3,(H,16,17,18)/b7-4+. The van der Waals surface area contributed by atoms with E-state index in [0.717, 1.165) is 28.7 Å². The maximum absolute atomic E-state index is 4.80. The van der Waals surface area contributed by atoms with Gasteiger partial charge in [0, 0.05) is 29.5 Å². The van der Waals surface area contributed by atoms with Gasteiger partial charge in [0.25, 0.3) is 0 Å². The third-order valence-corrected chi connectivity index (χ3v) is 3.49. The van der Waals surface area contributed by atoms with Gasteiger partial charge in [0.15, 0.2) is 0 Å². The SMILES string of the molecule is CCC(/C=C/NOC)n1cc(-c2ncnc3[nH]ccc23)cn1. The van der Waals surface area contributed by atoms with Crippen molar-refractivity contribution in [2.24, 2.45) is 0 Å². The van der Waals surface area contributed by atoms with E-state index in [1.54, 1.807) is 19.6 Å². The first kappa shape index (κ1) is 14.3. The number of aromatic nitrogens is 5. The lowest BCUT2D eigenvalue weighted by Crippen LogP contribution is -2.08. The molecule has 7 heteroatoms. The van der Waals surface area contributed by atoms with Gasteiger partial charge in [0.1, 0.15) is 12.0 Å². The molecule has 0 spiro atoms. The Morgan fingerprint density at radius 1 is 1.45 bits per heavy atom. The van der Waals surface area contributed by atoms with Crippen LogP contribution in [0, 0.1) is 0 Å². The van der Waals surface area contributed by atoms with Gasteiger partial charge >= 0.3 is 0 Å². The molecule has 0 fully saturated rings. The molecule has 7 nitrogen and oxygen atoms in total. The van der Waals surface area contributed by atoms with E-state index in [1.807, 2.05) is 35.4 Å². The zero-order chi connectivity index (χ0) is 15.4. The predicted octanol–water partition coefficient (Wildman–Crippen LogP) is 2.44. The average Bonchev–Trinajstić information content (AvgIpc) is 3.20. The predicted molar refractivity (Wildman–Crippen MR) is 83.7 cm³/mol. The van der Waals surface area contributed by atoms with Crippen molar-refractivity contribution >= 4 is 11.0 Å². The van der Waals surface area contributed by atoms with Crippen molar-refractivity contribution in [1.82, 2.24) is 30.2 Å². The summed E-state index contributed by atoms with van der Waals surface area (Å²) in [5.41, 5.74) is 5.38. The van der Waals surface area contributed by atoms with E-state index in [-0.39, 0.29) is 6.04 Å². The molecule has 1 unspecified atom stereocenters. The third kappa shape index (κ3) is 2.71. The smallest absolute Gasteiger partial charge is 0.141 e. The van der Waals surface area contributed by atoms with Gasteiger partial charge in [-0.1, -0.05) is 6.92 Å². The fraction of sp³-hybridized carbons (Fsp3) is 0.267. The van der Waals surface area contributed by atoms with Crippen molar-refractivity contribution in [3.63, 3.8) is 0 Å². The van der Waals surface area contributed by atoms with E-state index in [4.69, 9.17) is 4.84 Å². The first-order valence-corrected chi connectivity index (χ1v) is 7.11. The molecule has 3 aromatic heterocycles. The van der Waals surface area contributed by atoms with Crippen molar-refractivity contribution in [1.29, 1.82) is 0 Å². The van der Waals surface area contributed by atoms with Gasteiger partial charge < -0.3 is 4.98 Å². The van der Waals surface area contributed by atoms with Crippen molar-refractivity contribution < 1.29 is 4.84 Å². The third-order valence-electron chi connectivity index (χ3n) is 3.49. The minimum Gasteiger partial charge on any atom is -0.346 e. The van der Waals surface area contributed by atoms with Crippen LogP contribution in [0.2, 0.25) is 0 Å². The summed E-state index contributed by atoms with van der Waals surface area (Å²) in [4.78, 5) is 16.5. The number of fused-ring (bicyclic) bond motifs is 1. The van der Waals surface area contributed by atoms with Crippen LogP contribution in [-0.2, 0) is 4.84 Å². The molecule has 0 aliphatic rings. The first-order chi connectivity index (χ1) is 10.8. The highest BCUT2D eigenvalue weighted by molar-refractivity contribution is 5.89. The molecule has 114 valence electrons. The Morgan fingerprint density at radius 2 is 2.36 bits per heavy atom. The molecule has 0 radical (unpaired) electrons. The van der Waals surface area contributed by atoms with Gasteiger partial charge in [-0.15, -0.1) is 0 Å². The van der Waals surface area contributed by atoms with Crippen LogP contribution in [0.3, 0.4) is 0 Å². The molecule has 22 heavy (non-hydrogen) atoms. The summed E-state index contributed by atoms with van der Waals surface area (Å²) in [6.07, 6.45) is 11.9. The molecule has 1 atom stereocenters. The van der Waals surface area contributed by atoms with E-state index >= 15 is 0 Å². The second-order valence-corrected chi connectivity index (χ2v) is 4.83. The van der Waals surface area contributed by atoms with Crippen LogP contribution < -0.4 is 5.48 Å². The lowest BCUT2D eigenvalue weighted by molar-refractivity contribution is 0.128. The topological polar surface area (TPSA) is 80.6 Å². The summed E-state index contributed by atoms with van der Waals surface area (Å²) in [7, 11) is 1.58. The highest BCUT2D eigenvalue weighted by Gasteiger charge is 2.12. The van der Waals surface area contributed by atoms with Gasteiger partial charge in [-0.3, -0.25) is 15.0 Å². The first-order valence-electron chi connectivity index (χ1n) is 7.11. The fourth-order valence-electron chi connectivity index (χ4n) is 2.37. The lowest BCUT2D eigenvalue weighted by Gasteiger charge is -2.10. The maximum Gasteiger partial charge on any atom is 0.141 e. The number of allylic oxidation sites excluding steroid dienone is 1. The summed E-state index contributed by atoms with van der Waals surface area (Å²) in [6, 6.07) is 2.13. The molecule has 0 amide bonds. The normalized spacial score (nSPS) is 13.0. The van der Waals surface area contributed by atoms with Gasteiger partial charge in [-0.2, -0.15) is 5.10 Å². The number of aromatic amines is 1. The number of hydrogen-bond acceptors (Lipinski definition) is 5. The molecule has 0 aliphatic carbocycles. The molecule has 0 aromatic carbocycles. The second-order valence-electron chi connectivity index (χ2n) is 4.83. The molecular formula is C15H18N6O. The number of nitrogens with one attached hydrogen (secondary N) is 2. The Labute approximate surface area is 128 Å². The summed E-state index contributed by atoms with van der Waals surface area (Å²) < 4.78 is 1.92. The van der Waals surface area contributed by atoms with Crippen LogP contribution in [0.15, 0.2) is 43.3 Å². The van der Waals surface area contributed by atoms with Gasteiger partial charge in [-0.05, 0) is 18.6 Å². The Kier molecular flexibility index (Phi) is 4.15. The number of hydrogen-bond donors (Lipinski definition) is 2. The fourth-order valence-corrected chi connectivity index (χ4v) is 2.37. The second kappa shape index (κ2) is 6.40.